The Morgan fingerprint density at radius 2 is 1.91 bits per heavy atom. The number of nitrogens with zero attached hydrogens (tertiary/aromatic N) is 2. The fourth-order valence-electron chi connectivity index (χ4n) is 2.19. The number of carbonyl (C=O) groups excluding carboxylic acids is 1. The number of anilines is 2. The number of halogens is 1. The molecular formula is C16H23FN2O3. The molecule has 0 aliphatic carbocycles. The van der Waals surface area contributed by atoms with Gasteiger partial charge in [0.25, 0.3) is 0 Å². The first-order valence-electron chi connectivity index (χ1n) is 7.36. The van der Waals surface area contributed by atoms with Crippen LogP contribution in [0, 0.1) is 5.82 Å². The lowest BCUT2D eigenvalue weighted by Gasteiger charge is -2.30. The van der Waals surface area contributed by atoms with Crippen LogP contribution in [-0.2, 0) is 9.47 Å². The molecule has 1 aromatic rings. The molecule has 1 heterocycles. The van der Waals surface area contributed by atoms with E-state index < -0.39 is 11.7 Å². The number of carbonyl (C=O) groups is 1. The van der Waals surface area contributed by atoms with E-state index in [1.165, 1.54) is 17.0 Å². The van der Waals surface area contributed by atoms with Crippen LogP contribution in [0.3, 0.4) is 0 Å². The summed E-state index contributed by atoms with van der Waals surface area (Å²) in [5, 5.41) is 0. The quantitative estimate of drug-likeness (QED) is 0.842. The van der Waals surface area contributed by atoms with Crippen molar-refractivity contribution in [3.63, 3.8) is 0 Å². The summed E-state index contributed by atoms with van der Waals surface area (Å²) in [6.45, 7) is 8.04. The molecule has 1 aliphatic rings. The van der Waals surface area contributed by atoms with Crippen molar-refractivity contribution in [1.82, 2.24) is 0 Å². The van der Waals surface area contributed by atoms with Crippen molar-refractivity contribution in [2.24, 2.45) is 0 Å². The van der Waals surface area contributed by atoms with E-state index in [9.17, 15) is 9.18 Å². The van der Waals surface area contributed by atoms with E-state index in [0.717, 1.165) is 5.69 Å². The molecule has 1 aliphatic heterocycles. The molecule has 22 heavy (non-hydrogen) atoms. The summed E-state index contributed by atoms with van der Waals surface area (Å²) in [4.78, 5) is 15.5. The molecule has 6 heteroatoms. The van der Waals surface area contributed by atoms with Gasteiger partial charge in [0.2, 0.25) is 0 Å². The number of morpholine rings is 1. The number of rotatable bonds is 2. The maximum absolute atomic E-state index is 13.9. The number of hydrogen-bond acceptors (Lipinski definition) is 4. The smallest absolute Gasteiger partial charge is 0.414 e. The fraction of sp³-hybridized carbons (Fsp3) is 0.562. The van der Waals surface area contributed by atoms with Crippen molar-refractivity contribution >= 4 is 17.5 Å². The lowest BCUT2D eigenvalue weighted by molar-refractivity contribution is 0.0589. The van der Waals surface area contributed by atoms with Crippen LogP contribution in [0.4, 0.5) is 20.6 Å². The summed E-state index contributed by atoms with van der Waals surface area (Å²) in [5.74, 6) is -0.380. The Morgan fingerprint density at radius 1 is 1.27 bits per heavy atom. The van der Waals surface area contributed by atoms with Crippen LogP contribution in [0.1, 0.15) is 20.8 Å². The second-order valence-corrected chi connectivity index (χ2v) is 6.31. The van der Waals surface area contributed by atoms with Gasteiger partial charge < -0.3 is 14.4 Å². The molecule has 5 nitrogen and oxygen atoms in total. The first-order valence-corrected chi connectivity index (χ1v) is 7.36. The minimum Gasteiger partial charge on any atom is -0.443 e. The first-order chi connectivity index (χ1) is 10.3. The molecule has 0 N–H and O–H groups in total. The standard InChI is InChI=1S/C16H23FN2O3/c1-16(2,3)22-15(20)18(4)13-9-12(17)10-14(11-13)19-5-7-21-8-6-19/h9-11H,5-8H2,1-4H3. The Labute approximate surface area is 130 Å². The van der Waals surface area contributed by atoms with E-state index in [4.69, 9.17) is 9.47 Å². The minimum absolute atomic E-state index is 0.380. The third-order valence-corrected chi connectivity index (χ3v) is 3.30. The van der Waals surface area contributed by atoms with Gasteiger partial charge in [-0.3, -0.25) is 4.90 Å². The highest BCUT2D eigenvalue weighted by Crippen LogP contribution is 2.26. The van der Waals surface area contributed by atoms with E-state index in [0.29, 0.717) is 32.0 Å². The summed E-state index contributed by atoms with van der Waals surface area (Å²) in [7, 11) is 1.58. The van der Waals surface area contributed by atoms with Crippen LogP contribution in [0.15, 0.2) is 18.2 Å². The zero-order valence-corrected chi connectivity index (χ0v) is 13.6. The van der Waals surface area contributed by atoms with Crippen molar-refractivity contribution in [3.8, 4) is 0 Å². The Hall–Kier alpha value is -1.82. The van der Waals surface area contributed by atoms with Crippen molar-refractivity contribution in [2.45, 2.75) is 26.4 Å². The third-order valence-electron chi connectivity index (χ3n) is 3.30. The molecule has 1 saturated heterocycles. The maximum Gasteiger partial charge on any atom is 0.414 e. The van der Waals surface area contributed by atoms with Crippen LogP contribution < -0.4 is 9.80 Å². The highest BCUT2D eigenvalue weighted by molar-refractivity contribution is 5.88. The van der Waals surface area contributed by atoms with Gasteiger partial charge in [-0.15, -0.1) is 0 Å². The molecule has 122 valence electrons. The second kappa shape index (κ2) is 6.52. The predicted molar refractivity (Wildman–Crippen MR) is 84.1 cm³/mol. The van der Waals surface area contributed by atoms with Gasteiger partial charge >= 0.3 is 6.09 Å². The number of benzene rings is 1. The Bertz CT molecular complexity index is 537. The molecule has 1 amide bonds. The van der Waals surface area contributed by atoms with Crippen LogP contribution in [-0.4, -0.2) is 45.0 Å². The second-order valence-electron chi connectivity index (χ2n) is 6.31. The highest BCUT2D eigenvalue weighted by atomic mass is 19.1. The van der Waals surface area contributed by atoms with Gasteiger partial charge in [-0.1, -0.05) is 0 Å². The van der Waals surface area contributed by atoms with E-state index in [2.05, 4.69) is 0 Å². The molecule has 1 aromatic carbocycles. The Kier molecular flexibility index (Phi) is 4.90. The molecule has 0 saturated carbocycles. The number of ether oxygens (including phenoxy) is 2. The van der Waals surface area contributed by atoms with Gasteiger partial charge in [0.1, 0.15) is 11.4 Å². The molecule has 0 radical (unpaired) electrons. The van der Waals surface area contributed by atoms with Crippen molar-refractivity contribution in [3.05, 3.63) is 24.0 Å². The largest absolute Gasteiger partial charge is 0.443 e. The van der Waals surface area contributed by atoms with Crippen molar-refractivity contribution in [1.29, 1.82) is 0 Å². The van der Waals surface area contributed by atoms with Crippen LogP contribution in [0.2, 0.25) is 0 Å². The van der Waals surface area contributed by atoms with E-state index in [-0.39, 0.29) is 5.82 Å². The van der Waals surface area contributed by atoms with Crippen LogP contribution in [0.5, 0.6) is 0 Å². The van der Waals surface area contributed by atoms with E-state index >= 15 is 0 Å². The lowest BCUT2D eigenvalue weighted by atomic mass is 10.2. The van der Waals surface area contributed by atoms with Gasteiger partial charge in [-0.05, 0) is 39.0 Å². The monoisotopic (exact) mass is 310 g/mol. The Balaban J connectivity index is 2.19. The summed E-state index contributed by atoms with van der Waals surface area (Å²) in [5.41, 5.74) is 0.621. The van der Waals surface area contributed by atoms with Gasteiger partial charge in [-0.25, -0.2) is 9.18 Å². The summed E-state index contributed by atoms with van der Waals surface area (Å²) in [6.07, 6.45) is -0.508. The Morgan fingerprint density at radius 3 is 2.50 bits per heavy atom. The average Bonchev–Trinajstić information content (AvgIpc) is 2.45. The third kappa shape index (κ3) is 4.34. The zero-order valence-electron chi connectivity index (χ0n) is 13.6. The molecule has 0 atom stereocenters. The fourth-order valence-corrected chi connectivity index (χ4v) is 2.19. The summed E-state index contributed by atoms with van der Waals surface area (Å²) >= 11 is 0. The van der Waals surface area contributed by atoms with Gasteiger partial charge in [0.05, 0.1) is 18.9 Å². The molecule has 1 fully saturated rings. The number of hydrogen-bond donors (Lipinski definition) is 0. The predicted octanol–water partition coefficient (Wildman–Crippen LogP) is 3.03. The minimum atomic E-state index is -0.592. The van der Waals surface area contributed by atoms with Gasteiger partial charge in [0.15, 0.2) is 0 Å². The highest BCUT2D eigenvalue weighted by Gasteiger charge is 2.22. The van der Waals surface area contributed by atoms with Crippen LogP contribution in [0.25, 0.3) is 0 Å². The SMILES string of the molecule is CN(C(=O)OC(C)(C)C)c1cc(F)cc(N2CCOCC2)c1. The molecular weight excluding hydrogens is 287 g/mol. The maximum atomic E-state index is 13.9. The van der Waals surface area contributed by atoms with Crippen molar-refractivity contribution in [2.75, 3.05) is 43.2 Å². The summed E-state index contributed by atoms with van der Waals surface area (Å²) in [6, 6.07) is 4.59. The molecule has 0 spiro atoms. The first kappa shape index (κ1) is 16.5. The normalized spacial score (nSPS) is 15.6. The lowest BCUT2D eigenvalue weighted by Crippen LogP contribution is -2.37. The number of amides is 1. The topological polar surface area (TPSA) is 42.0 Å². The average molecular weight is 310 g/mol. The van der Waals surface area contributed by atoms with E-state index in [1.807, 2.05) is 4.90 Å². The molecule has 0 unspecified atom stereocenters. The van der Waals surface area contributed by atoms with Gasteiger partial charge in [-0.2, -0.15) is 0 Å². The molecule has 0 bridgehead atoms. The summed E-state index contributed by atoms with van der Waals surface area (Å²) < 4.78 is 24.5. The van der Waals surface area contributed by atoms with Crippen molar-refractivity contribution < 1.29 is 18.7 Å². The van der Waals surface area contributed by atoms with Crippen LogP contribution >= 0.6 is 0 Å². The van der Waals surface area contributed by atoms with Gasteiger partial charge in [0, 0.05) is 25.8 Å². The molecule has 0 aromatic heterocycles. The zero-order chi connectivity index (χ0) is 16.3. The van der Waals surface area contributed by atoms with E-state index in [1.54, 1.807) is 33.9 Å². The molecule has 2 rings (SSSR count).